The Labute approximate surface area is 161 Å². The van der Waals surface area contributed by atoms with Crippen LogP contribution in [0.4, 0.5) is 0 Å². The average Bonchev–Trinajstić information content (AvgIpc) is 3.50. The van der Waals surface area contributed by atoms with E-state index in [-0.39, 0.29) is 0 Å². The number of rotatable bonds is 10. The molecule has 4 nitrogen and oxygen atoms in total. The predicted molar refractivity (Wildman–Crippen MR) is 107 cm³/mol. The van der Waals surface area contributed by atoms with Crippen LogP contribution >= 0.6 is 0 Å². The minimum absolute atomic E-state index is 0.381. The molecule has 0 amide bonds. The summed E-state index contributed by atoms with van der Waals surface area (Å²) in [7, 11) is 0. The lowest BCUT2D eigenvalue weighted by Gasteiger charge is -2.20. The van der Waals surface area contributed by atoms with E-state index in [0.29, 0.717) is 18.3 Å². The van der Waals surface area contributed by atoms with Crippen molar-refractivity contribution in [1.29, 1.82) is 0 Å². The summed E-state index contributed by atoms with van der Waals surface area (Å²) in [5.41, 5.74) is 2.80. The number of carboxylic acid groups (broad SMARTS) is 1. The van der Waals surface area contributed by atoms with E-state index < -0.39 is 11.9 Å². The Balaban J connectivity index is 1.91. The first-order valence-electron chi connectivity index (χ1n) is 9.98. The zero-order chi connectivity index (χ0) is 19.2. The number of aromatic nitrogens is 1. The highest BCUT2D eigenvalue weighted by Crippen LogP contribution is 2.37. The van der Waals surface area contributed by atoms with Crippen molar-refractivity contribution in [3.8, 4) is 16.9 Å². The molecule has 1 aromatic heterocycles. The van der Waals surface area contributed by atoms with Crippen molar-refractivity contribution in [2.24, 2.45) is 11.8 Å². The fourth-order valence-electron chi connectivity index (χ4n) is 3.53. The van der Waals surface area contributed by atoms with Crippen LogP contribution in [-0.2, 0) is 4.79 Å². The highest BCUT2D eigenvalue weighted by Gasteiger charge is 2.25. The van der Waals surface area contributed by atoms with Crippen LogP contribution in [0.3, 0.4) is 0 Å². The Kier molecular flexibility index (Phi) is 6.49. The number of hydrogen-bond acceptors (Lipinski definition) is 3. The summed E-state index contributed by atoms with van der Waals surface area (Å²) in [5, 5.41) is 9.82. The molecule has 0 spiro atoms. The third-order valence-corrected chi connectivity index (χ3v) is 5.29. The second-order valence-corrected chi connectivity index (χ2v) is 7.77. The lowest BCUT2D eigenvalue weighted by Crippen LogP contribution is -2.15. The van der Waals surface area contributed by atoms with Crippen molar-refractivity contribution < 1.29 is 14.6 Å². The lowest BCUT2D eigenvalue weighted by molar-refractivity contribution is -0.139. The predicted octanol–water partition coefficient (Wildman–Crippen LogP) is 5.53. The maximum Gasteiger partial charge on any atom is 0.310 e. The molecular weight excluding hydrogens is 338 g/mol. The van der Waals surface area contributed by atoms with Crippen LogP contribution in [0.1, 0.15) is 57.4 Å². The summed E-state index contributed by atoms with van der Waals surface area (Å²) in [4.78, 5) is 16.0. The van der Waals surface area contributed by atoms with Crippen LogP contribution in [0.25, 0.3) is 11.1 Å². The van der Waals surface area contributed by atoms with Gasteiger partial charge in [0.1, 0.15) is 5.75 Å². The number of pyridine rings is 1. The number of aliphatic carboxylic acids is 1. The molecule has 1 fully saturated rings. The quantitative estimate of drug-likeness (QED) is 0.599. The molecule has 2 aromatic rings. The molecular formula is C23H29NO3. The van der Waals surface area contributed by atoms with E-state index >= 15 is 0 Å². The van der Waals surface area contributed by atoms with Crippen molar-refractivity contribution in [1.82, 2.24) is 4.98 Å². The first kappa shape index (κ1) is 19.4. The molecule has 2 unspecified atom stereocenters. The third-order valence-electron chi connectivity index (χ3n) is 5.29. The number of nitrogens with zero attached hydrogens (tertiary/aromatic N) is 1. The van der Waals surface area contributed by atoms with Gasteiger partial charge in [-0.05, 0) is 66.5 Å². The molecule has 0 aliphatic heterocycles. The van der Waals surface area contributed by atoms with Crippen molar-refractivity contribution >= 4 is 5.97 Å². The van der Waals surface area contributed by atoms with Gasteiger partial charge in [0.05, 0.1) is 12.5 Å². The maximum absolute atomic E-state index is 12.0. The summed E-state index contributed by atoms with van der Waals surface area (Å²) in [6.45, 7) is 5.00. The van der Waals surface area contributed by atoms with Gasteiger partial charge in [0.25, 0.3) is 0 Å². The number of carbonyl (C=O) groups is 1. The molecule has 1 heterocycles. The Morgan fingerprint density at radius 1 is 1.26 bits per heavy atom. The van der Waals surface area contributed by atoms with Gasteiger partial charge in [0.2, 0.25) is 0 Å². The van der Waals surface area contributed by atoms with Crippen LogP contribution in [0.2, 0.25) is 0 Å². The zero-order valence-corrected chi connectivity index (χ0v) is 16.2. The Bertz CT molecular complexity index is 755. The van der Waals surface area contributed by atoms with Crippen molar-refractivity contribution in [2.75, 3.05) is 6.61 Å². The number of hydrogen-bond donors (Lipinski definition) is 1. The molecule has 144 valence electrons. The first-order valence-corrected chi connectivity index (χ1v) is 9.98. The summed E-state index contributed by atoms with van der Waals surface area (Å²) < 4.78 is 6.06. The summed E-state index contributed by atoms with van der Waals surface area (Å²) in [5.74, 6) is 0.611. The Morgan fingerprint density at radius 2 is 2.00 bits per heavy atom. The van der Waals surface area contributed by atoms with Gasteiger partial charge in [0.15, 0.2) is 0 Å². The van der Waals surface area contributed by atoms with Gasteiger partial charge in [-0.2, -0.15) is 0 Å². The third kappa shape index (κ3) is 5.31. The van der Waals surface area contributed by atoms with E-state index in [1.807, 2.05) is 30.3 Å². The topological polar surface area (TPSA) is 59.4 Å². The lowest BCUT2D eigenvalue weighted by atomic mass is 9.86. The van der Waals surface area contributed by atoms with Gasteiger partial charge in [-0.25, -0.2) is 0 Å². The molecule has 1 saturated carbocycles. The van der Waals surface area contributed by atoms with Crippen molar-refractivity contribution in [2.45, 2.75) is 51.9 Å². The smallest absolute Gasteiger partial charge is 0.310 e. The molecule has 1 aromatic carbocycles. The monoisotopic (exact) mass is 367 g/mol. The van der Waals surface area contributed by atoms with E-state index in [9.17, 15) is 9.90 Å². The summed E-state index contributed by atoms with van der Waals surface area (Å²) in [6.07, 6.45) is 8.75. The standard InChI is InChI=1S/C23H29NO3/c1-3-4-16(2)13-21(23(25)26)19-7-8-22(27-15-17-5-6-17)20(14-19)18-9-11-24-12-10-18/h7-12,14,16-17,21H,3-6,13,15H2,1-2H3,(H,25,26). The summed E-state index contributed by atoms with van der Waals surface area (Å²) in [6, 6.07) is 9.74. The molecule has 0 bridgehead atoms. The first-order chi connectivity index (χ1) is 13.1. The van der Waals surface area contributed by atoms with Gasteiger partial charge in [-0.15, -0.1) is 0 Å². The van der Waals surface area contributed by atoms with Gasteiger partial charge < -0.3 is 9.84 Å². The molecule has 0 saturated heterocycles. The molecule has 1 aliphatic carbocycles. The maximum atomic E-state index is 12.0. The Hall–Kier alpha value is -2.36. The van der Waals surface area contributed by atoms with Crippen LogP contribution in [0, 0.1) is 11.8 Å². The Morgan fingerprint density at radius 3 is 2.63 bits per heavy atom. The summed E-state index contributed by atoms with van der Waals surface area (Å²) >= 11 is 0. The van der Waals surface area contributed by atoms with Crippen LogP contribution < -0.4 is 4.74 Å². The molecule has 3 rings (SSSR count). The van der Waals surface area contributed by atoms with Crippen LogP contribution in [-0.4, -0.2) is 22.7 Å². The van der Waals surface area contributed by atoms with Gasteiger partial charge >= 0.3 is 5.97 Å². The van der Waals surface area contributed by atoms with E-state index in [0.717, 1.165) is 41.9 Å². The van der Waals surface area contributed by atoms with Crippen LogP contribution in [0.15, 0.2) is 42.7 Å². The number of carboxylic acids is 1. The molecule has 0 radical (unpaired) electrons. The van der Waals surface area contributed by atoms with Crippen LogP contribution in [0.5, 0.6) is 5.75 Å². The fraction of sp³-hybridized carbons (Fsp3) is 0.478. The highest BCUT2D eigenvalue weighted by molar-refractivity contribution is 5.78. The van der Waals surface area contributed by atoms with E-state index in [4.69, 9.17) is 4.74 Å². The average molecular weight is 367 g/mol. The second-order valence-electron chi connectivity index (χ2n) is 7.77. The molecule has 1 aliphatic rings. The SMILES string of the molecule is CCCC(C)CC(C(=O)O)c1ccc(OCC2CC2)c(-c2ccncc2)c1. The largest absolute Gasteiger partial charge is 0.493 e. The fourth-order valence-corrected chi connectivity index (χ4v) is 3.53. The van der Waals surface area contributed by atoms with E-state index in [1.165, 1.54) is 12.8 Å². The van der Waals surface area contributed by atoms with Crippen molar-refractivity contribution in [3.63, 3.8) is 0 Å². The number of ether oxygens (including phenoxy) is 1. The normalized spacial score (nSPS) is 15.9. The molecule has 2 atom stereocenters. The highest BCUT2D eigenvalue weighted by atomic mass is 16.5. The molecule has 4 heteroatoms. The number of benzene rings is 1. The van der Waals surface area contributed by atoms with Gasteiger partial charge in [0, 0.05) is 18.0 Å². The minimum atomic E-state index is -0.759. The van der Waals surface area contributed by atoms with E-state index in [1.54, 1.807) is 12.4 Å². The second kappa shape index (κ2) is 9.03. The van der Waals surface area contributed by atoms with Gasteiger partial charge in [-0.3, -0.25) is 9.78 Å². The van der Waals surface area contributed by atoms with Gasteiger partial charge in [-0.1, -0.05) is 32.8 Å². The van der Waals surface area contributed by atoms with Crippen molar-refractivity contribution in [3.05, 3.63) is 48.3 Å². The molecule has 1 N–H and O–H groups in total. The zero-order valence-electron chi connectivity index (χ0n) is 16.2. The molecule has 27 heavy (non-hydrogen) atoms. The van der Waals surface area contributed by atoms with E-state index in [2.05, 4.69) is 18.8 Å². The minimum Gasteiger partial charge on any atom is -0.493 e.